The number of hydroxylamine groups is 2. The molecule has 0 aliphatic carbocycles. The third-order valence-electron chi connectivity index (χ3n) is 1.85. The Morgan fingerprint density at radius 1 is 1.18 bits per heavy atom. The maximum Gasteiger partial charge on any atom is 0.0742 e. The van der Waals surface area contributed by atoms with Gasteiger partial charge < -0.3 is 0 Å². The Morgan fingerprint density at radius 3 is 2.36 bits per heavy atom. The Labute approximate surface area is 69.5 Å². The summed E-state index contributed by atoms with van der Waals surface area (Å²) in [6.45, 7) is 7.23. The zero-order valence-corrected chi connectivity index (χ0v) is 7.60. The van der Waals surface area contributed by atoms with Crippen LogP contribution in [0.2, 0.25) is 0 Å². The SMILES string of the molecule is C[C](C)CON1CCCCC1. The first-order chi connectivity index (χ1) is 5.29. The van der Waals surface area contributed by atoms with Gasteiger partial charge in [-0.15, -0.1) is 0 Å². The van der Waals surface area contributed by atoms with Crippen LogP contribution in [-0.4, -0.2) is 24.8 Å². The second-order valence-corrected chi connectivity index (χ2v) is 3.47. The summed E-state index contributed by atoms with van der Waals surface area (Å²) in [6.07, 6.45) is 3.96. The molecule has 0 atom stereocenters. The van der Waals surface area contributed by atoms with Crippen LogP contribution in [0.15, 0.2) is 0 Å². The Bertz CT molecular complexity index is 97.7. The minimum absolute atomic E-state index is 0.792. The lowest BCUT2D eigenvalue weighted by atomic mass is 10.2. The van der Waals surface area contributed by atoms with E-state index in [9.17, 15) is 0 Å². The van der Waals surface area contributed by atoms with Crippen LogP contribution < -0.4 is 0 Å². The van der Waals surface area contributed by atoms with Crippen LogP contribution in [0.4, 0.5) is 0 Å². The lowest BCUT2D eigenvalue weighted by Crippen LogP contribution is -2.30. The van der Waals surface area contributed by atoms with Crippen molar-refractivity contribution in [3.8, 4) is 0 Å². The second-order valence-electron chi connectivity index (χ2n) is 3.47. The Kier molecular flexibility index (Phi) is 3.87. The highest BCUT2D eigenvalue weighted by Crippen LogP contribution is 2.09. The minimum atomic E-state index is 0.792. The first-order valence-corrected chi connectivity index (χ1v) is 4.46. The van der Waals surface area contributed by atoms with Crippen molar-refractivity contribution < 1.29 is 4.84 Å². The molecule has 1 aliphatic heterocycles. The fourth-order valence-electron chi connectivity index (χ4n) is 1.21. The first-order valence-electron chi connectivity index (χ1n) is 4.46. The van der Waals surface area contributed by atoms with Crippen molar-refractivity contribution in [2.75, 3.05) is 19.7 Å². The molecule has 1 heterocycles. The van der Waals surface area contributed by atoms with Gasteiger partial charge in [0.15, 0.2) is 0 Å². The Hall–Kier alpha value is -0.0800. The third-order valence-corrected chi connectivity index (χ3v) is 1.85. The number of hydrogen-bond acceptors (Lipinski definition) is 2. The quantitative estimate of drug-likeness (QED) is 0.620. The van der Waals surface area contributed by atoms with E-state index < -0.39 is 0 Å². The zero-order valence-electron chi connectivity index (χ0n) is 7.60. The highest BCUT2D eigenvalue weighted by molar-refractivity contribution is 4.75. The van der Waals surface area contributed by atoms with E-state index in [1.165, 1.54) is 25.2 Å². The maximum atomic E-state index is 5.54. The van der Waals surface area contributed by atoms with E-state index >= 15 is 0 Å². The van der Waals surface area contributed by atoms with Gasteiger partial charge in [0, 0.05) is 13.1 Å². The second kappa shape index (κ2) is 4.73. The predicted molar refractivity (Wildman–Crippen MR) is 46.0 cm³/mol. The highest BCUT2D eigenvalue weighted by Gasteiger charge is 2.10. The number of piperidine rings is 1. The number of nitrogens with zero attached hydrogens (tertiary/aromatic N) is 1. The van der Waals surface area contributed by atoms with Gasteiger partial charge in [0.1, 0.15) is 0 Å². The molecule has 1 saturated heterocycles. The van der Waals surface area contributed by atoms with Crippen LogP contribution in [0.25, 0.3) is 0 Å². The van der Waals surface area contributed by atoms with Crippen molar-refractivity contribution in [1.29, 1.82) is 0 Å². The van der Waals surface area contributed by atoms with Crippen molar-refractivity contribution in [1.82, 2.24) is 5.06 Å². The molecule has 0 spiro atoms. The molecule has 65 valence electrons. The van der Waals surface area contributed by atoms with Crippen molar-refractivity contribution in [2.24, 2.45) is 0 Å². The molecule has 0 amide bonds. The minimum Gasteiger partial charge on any atom is -0.298 e. The first kappa shape index (κ1) is 9.01. The molecule has 2 heteroatoms. The van der Waals surface area contributed by atoms with Gasteiger partial charge in [-0.25, -0.2) is 0 Å². The van der Waals surface area contributed by atoms with Gasteiger partial charge in [-0.05, 0) is 18.8 Å². The van der Waals surface area contributed by atoms with E-state index in [1.807, 2.05) is 0 Å². The zero-order chi connectivity index (χ0) is 8.10. The van der Waals surface area contributed by atoms with E-state index in [-0.39, 0.29) is 0 Å². The summed E-state index contributed by atoms with van der Waals surface area (Å²) in [5.74, 6) is 1.34. The molecular weight excluding hydrogens is 138 g/mol. The lowest BCUT2D eigenvalue weighted by Gasteiger charge is -2.26. The summed E-state index contributed by atoms with van der Waals surface area (Å²) in [5.41, 5.74) is 0. The molecule has 1 fully saturated rings. The van der Waals surface area contributed by atoms with Gasteiger partial charge in [0.25, 0.3) is 0 Å². The van der Waals surface area contributed by atoms with Gasteiger partial charge in [0.05, 0.1) is 6.61 Å². The van der Waals surface area contributed by atoms with Crippen LogP contribution in [0.5, 0.6) is 0 Å². The summed E-state index contributed by atoms with van der Waals surface area (Å²) >= 11 is 0. The molecule has 0 saturated carbocycles. The summed E-state index contributed by atoms with van der Waals surface area (Å²) in [4.78, 5) is 5.54. The maximum absolute atomic E-state index is 5.54. The van der Waals surface area contributed by atoms with Gasteiger partial charge in [0.2, 0.25) is 0 Å². The third kappa shape index (κ3) is 3.73. The molecule has 1 radical (unpaired) electrons. The van der Waals surface area contributed by atoms with Crippen LogP contribution in [0.3, 0.4) is 0 Å². The molecule has 0 unspecified atom stereocenters. The van der Waals surface area contributed by atoms with Crippen molar-refractivity contribution in [2.45, 2.75) is 33.1 Å². The van der Waals surface area contributed by atoms with Crippen molar-refractivity contribution in [3.63, 3.8) is 0 Å². The Morgan fingerprint density at radius 2 is 1.82 bits per heavy atom. The normalized spacial score (nSPS) is 21.0. The molecular formula is C9H18NO. The lowest BCUT2D eigenvalue weighted by molar-refractivity contribution is -0.163. The van der Waals surface area contributed by atoms with Crippen LogP contribution in [-0.2, 0) is 4.84 Å². The topological polar surface area (TPSA) is 12.5 Å². The summed E-state index contributed by atoms with van der Waals surface area (Å²) in [5, 5.41) is 2.09. The molecule has 0 N–H and O–H groups in total. The van der Waals surface area contributed by atoms with E-state index in [4.69, 9.17) is 4.84 Å². The molecule has 0 aromatic rings. The average molecular weight is 156 g/mol. The molecule has 2 nitrogen and oxygen atoms in total. The largest absolute Gasteiger partial charge is 0.298 e. The molecule has 1 rings (SSSR count). The van der Waals surface area contributed by atoms with Crippen LogP contribution in [0.1, 0.15) is 33.1 Å². The monoisotopic (exact) mass is 156 g/mol. The Balaban J connectivity index is 2.05. The molecule has 1 aliphatic rings. The van der Waals surface area contributed by atoms with Gasteiger partial charge in [-0.2, -0.15) is 5.06 Å². The van der Waals surface area contributed by atoms with E-state index in [0.29, 0.717) is 0 Å². The smallest absolute Gasteiger partial charge is 0.0742 e. The van der Waals surface area contributed by atoms with Crippen LogP contribution >= 0.6 is 0 Å². The van der Waals surface area contributed by atoms with Gasteiger partial charge in [-0.3, -0.25) is 4.84 Å². The van der Waals surface area contributed by atoms with Gasteiger partial charge >= 0.3 is 0 Å². The van der Waals surface area contributed by atoms with Crippen molar-refractivity contribution >= 4 is 0 Å². The van der Waals surface area contributed by atoms with Crippen molar-refractivity contribution in [3.05, 3.63) is 5.92 Å². The predicted octanol–water partition coefficient (Wildman–Crippen LogP) is 2.02. The van der Waals surface area contributed by atoms with Crippen LogP contribution in [0, 0.1) is 5.92 Å². The molecule has 11 heavy (non-hydrogen) atoms. The summed E-state index contributed by atoms with van der Waals surface area (Å²) < 4.78 is 0. The van der Waals surface area contributed by atoms with Gasteiger partial charge in [-0.1, -0.05) is 20.3 Å². The summed E-state index contributed by atoms with van der Waals surface area (Å²) in [7, 11) is 0. The number of hydrogen-bond donors (Lipinski definition) is 0. The van der Waals surface area contributed by atoms with E-state index in [1.54, 1.807) is 0 Å². The standard InChI is InChI=1S/C9H18NO/c1-9(2)8-11-10-6-4-3-5-7-10/h3-8H2,1-2H3. The van der Waals surface area contributed by atoms with E-state index in [0.717, 1.165) is 19.7 Å². The molecule has 0 aromatic carbocycles. The highest BCUT2D eigenvalue weighted by atomic mass is 16.7. The fraction of sp³-hybridized carbons (Fsp3) is 0.889. The average Bonchev–Trinajstić information content (AvgIpc) is 2.03. The fourth-order valence-corrected chi connectivity index (χ4v) is 1.21. The molecule has 0 aromatic heterocycles. The number of rotatable bonds is 3. The summed E-state index contributed by atoms with van der Waals surface area (Å²) in [6, 6.07) is 0. The molecule has 0 bridgehead atoms. The van der Waals surface area contributed by atoms with E-state index in [2.05, 4.69) is 18.9 Å².